The zero-order valence-electron chi connectivity index (χ0n) is 9.48. The second-order valence-corrected chi connectivity index (χ2v) is 4.65. The van der Waals surface area contributed by atoms with E-state index in [0.717, 1.165) is 11.3 Å². The molecule has 1 heterocycles. The molecule has 2 rings (SSSR count). The maximum Gasteiger partial charge on any atom is 0.105 e. The highest BCUT2D eigenvalue weighted by atomic mass is 35.5. The standard InChI is InChI=1S/C14H12ClNO/c1-14(10-16,9-13-6-3-7-17-13)11-4-2-5-12(15)8-11/h2-8H,9H2,1H3. The third kappa shape index (κ3) is 2.51. The average molecular weight is 246 g/mol. The number of hydrogen-bond donors (Lipinski definition) is 0. The fraction of sp³-hybridized carbons (Fsp3) is 0.214. The second kappa shape index (κ2) is 4.65. The van der Waals surface area contributed by atoms with Crippen molar-refractivity contribution >= 4 is 11.6 Å². The van der Waals surface area contributed by atoms with Crippen LogP contribution in [0, 0.1) is 11.3 Å². The Morgan fingerprint density at radius 3 is 2.76 bits per heavy atom. The largest absolute Gasteiger partial charge is 0.469 e. The van der Waals surface area contributed by atoms with Crippen molar-refractivity contribution in [1.82, 2.24) is 0 Å². The third-order valence-corrected chi connectivity index (χ3v) is 3.05. The summed E-state index contributed by atoms with van der Waals surface area (Å²) in [5.74, 6) is 0.800. The van der Waals surface area contributed by atoms with Gasteiger partial charge < -0.3 is 4.42 Å². The van der Waals surface area contributed by atoms with E-state index < -0.39 is 5.41 Å². The molecule has 0 saturated heterocycles. The molecule has 0 aliphatic carbocycles. The lowest BCUT2D eigenvalue weighted by atomic mass is 9.80. The Kier molecular flexibility index (Phi) is 3.21. The summed E-state index contributed by atoms with van der Waals surface area (Å²) < 4.78 is 5.30. The van der Waals surface area contributed by atoms with Gasteiger partial charge in [-0.05, 0) is 36.8 Å². The van der Waals surface area contributed by atoms with Crippen LogP contribution in [0.15, 0.2) is 47.1 Å². The van der Waals surface area contributed by atoms with Gasteiger partial charge in [-0.3, -0.25) is 0 Å². The summed E-state index contributed by atoms with van der Waals surface area (Å²) in [4.78, 5) is 0. The van der Waals surface area contributed by atoms with Gasteiger partial charge in [-0.25, -0.2) is 0 Å². The number of benzene rings is 1. The van der Waals surface area contributed by atoms with E-state index in [1.807, 2.05) is 37.3 Å². The monoisotopic (exact) mass is 245 g/mol. The van der Waals surface area contributed by atoms with E-state index >= 15 is 0 Å². The minimum absolute atomic E-state index is 0.539. The Bertz CT molecular complexity index is 542. The van der Waals surface area contributed by atoms with Crippen molar-refractivity contribution < 1.29 is 4.42 Å². The van der Waals surface area contributed by atoms with Crippen molar-refractivity contribution in [1.29, 1.82) is 5.26 Å². The van der Waals surface area contributed by atoms with Crippen molar-refractivity contribution in [2.45, 2.75) is 18.8 Å². The smallest absolute Gasteiger partial charge is 0.105 e. The van der Waals surface area contributed by atoms with Crippen molar-refractivity contribution in [3.8, 4) is 6.07 Å². The molecule has 0 aliphatic rings. The van der Waals surface area contributed by atoms with Crippen molar-refractivity contribution in [2.75, 3.05) is 0 Å². The van der Waals surface area contributed by atoms with Crippen LogP contribution in [0.25, 0.3) is 0 Å². The molecule has 0 fully saturated rings. The van der Waals surface area contributed by atoms with Crippen LogP contribution >= 0.6 is 11.6 Å². The Labute approximate surface area is 105 Å². The van der Waals surface area contributed by atoms with Crippen LogP contribution in [0.1, 0.15) is 18.2 Å². The topological polar surface area (TPSA) is 36.9 Å². The molecule has 1 aromatic heterocycles. The molecule has 0 saturated carbocycles. The molecule has 2 nitrogen and oxygen atoms in total. The lowest BCUT2D eigenvalue weighted by Gasteiger charge is -2.21. The Morgan fingerprint density at radius 2 is 2.18 bits per heavy atom. The van der Waals surface area contributed by atoms with Gasteiger partial charge in [0.15, 0.2) is 0 Å². The molecule has 0 N–H and O–H groups in total. The molecule has 1 aromatic carbocycles. The molecule has 86 valence electrons. The predicted molar refractivity (Wildman–Crippen MR) is 66.8 cm³/mol. The first kappa shape index (κ1) is 11.8. The number of hydrogen-bond acceptors (Lipinski definition) is 2. The Morgan fingerprint density at radius 1 is 1.35 bits per heavy atom. The zero-order chi connectivity index (χ0) is 12.3. The highest BCUT2D eigenvalue weighted by Crippen LogP contribution is 2.29. The van der Waals surface area contributed by atoms with Gasteiger partial charge in [-0.15, -0.1) is 0 Å². The highest BCUT2D eigenvalue weighted by Gasteiger charge is 2.28. The normalized spacial score (nSPS) is 13.9. The molecule has 0 amide bonds. The SMILES string of the molecule is CC(C#N)(Cc1ccco1)c1cccc(Cl)c1. The minimum atomic E-state index is -0.622. The van der Waals surface area contributed by atoms with Crippen molar-refractivity contribution in [2.24, 2.45) is 0 Å². The Hall–Kier alpha value is -1.72. The molecule has 1 unspecified atom stereocenters. The van der Waals surface area contributed by atoms with Crippen LogP contribution in [0.3, 0.4) is 0 Å². The van der Waals surface area contributed by atoms with Gasteiger partial charge in [0, 0.05) is 11.4 Å². The highest BCUT2D eigenvalue weighted by molar-refractivity contribution is 6.30. The fourth-order valence-electron chi connectivity index (χ4n) is 1.80. The maximum absolute atomic E-state index is 9.39. The molecular weight excluding hydrogens is 234 g/mol. The van der Waals surface area contributed by atoms with Crippen LogP contribution in [-0.4, -0.2) is 0 Å². The average Bonchev–Trinajstić information content (AvgIpc) is 2.81. The molecule has 0 bridgehead atoms. The second-order valence-electron chi connectivity index (χ2n) is 4.21. The first-order valence-electron chi connectivity index (χ1n) is 5.34. The summed E-state index contributed by atoms with van der Waals surface area (Å²) in [6.07, 6.45) is 2.15. The molecule has 2 aromatic rings. The first-order valence-corrected chi connectivity index (χ1v) is 5.71. The zero-order valence-corrected chi connectivity index (χ0v) is 10.2. The quantitative estimate of drug-likeness (QED) is 0.821. The van der Waals surface area contributed by atoms with E-state index in [2.05, 4.69) is 6.07 Å². The van der Waals surface area contributed by atoms with Gasteiger partial charge >= 0.3 is 0 Å². The van der Waals surface area contributed by atoms with E-state index in [4.69, 9.17) is 16.0 Å². The molecule has 0 spiro atoms. The summed E-state index contributed by atoms with van der Waals surface area (Å²) in [6, 6.07) is 13.4. The van der Waals surface area contributed by atoms with Gasteiger partial charge in [0.2, 0.25) is 0 Å². The molecule has 1 atom stereocenters. The van der Waals surface area contributed by atoms with E-state index in [-0.39, 0.29) is 0 Å². The molecule has 0 aliphatic heterocycles. The van der Waals surface area contributed by atoms with Gasteiger partial charge in [0.05, 0.1) is 17.7 Å². The predicted octanol–water partition coefficient (Wildman–Crippen LogP) is 3.96. The van der Waals surface area contributed by atoms with Crippen LogP contribution in [0.4, 0.5) is 0 Å². The Balaban J connectivity index is 2.35. The summed E-state index contributed by atoms with van der Waals surface area (Å²) in [5, 5.41) is 10.0. The molecule has 3 heteroatoms. The van der Waals surface area contributed by atoms with Crippen LogP contribution < -0.4 is 0 Å². The summed E-state index contributed by atoms with van der Waals surface area (Å²) in [5.41, 5.74) is 0.284. The molecular formula is C14H12ClNO. The van der Waals surface area contributed by atoms with Crippen LogP contribution in [0.2, 0.25) is 5.02 Å². The number of rotatable bonds is 3. The number of nitriles is 1. The van der Waals surface area contributed by atoms with E-state index in [1.165, 1.54) is 0 Å². The summed E-state index contributed by atoms with van der Waals surface area (Å²) >= 11 is 5.96. The van der Waals surface area contributed by atoms with Gasteiger partial charge in [-0.1, -0.05) is 23.7 Å². The van der Waals surface area contributed by atoms with E-state index in [0.29, 0.717) is 11.4 Å². The first-order chi connectivity index (χ1) is 8.14. The van der Waals surface area contributed by atoms with Crippen molar-refractivity contribution in [3.63, 3.8) is 0 Å². The number of halogens is 1. The lowest BCUT2D eigenvalue weighted by Crippen LogP contribution is -2.22. The number of nitrogens with zero attached hydrogens (tertiary/aromatic N) is 1. The van der Waals surface area contributed by atoms with Crippen LogP contribution in [0.5, 0.6) is 0 Å². The molecule has 17 heavy (non-hydrogen) atoms. The van der Waals surface area contributed by atoms with Gasteiger partial charge in [0.1, 0.15) is 5.76 Å². The molecule has 0 radical (unpaired) electrons. The fourth-order valence-corrected chi connectivity index (χ4v) is 1.99. The van der Waals surface area contributed by atoms with E-state index in [9.17, 15) is 5.26 Å². The number of furan rings is 1. The summed E-state index contributed by atoms with van der Waals surface area (Å²) in [6.45, 7) is 1.89. The van der Waals surface area contributed by atoms with Gasteiger partial charge in [0.25, 0.3) is 0 Å². The van der Waals surface area contributed by atoms with Crippen LogP contribution in [-0.2, 0) is 11.8 Å². The maximum atomic E-state index is 9.39. The summed E-state index contributed by atoms with van der Waals surface area (Å²) in [7, 11) is 0. The third-order valence-electron chi connectivity index (χ3n) is 2.82. The lowest BCUT2D eigenvalue weighted by molar-refractivity contribution is 0.462. The van der Waals surface area contributed by atoms with Crippen molar-refractivity contribution in [3.05, 3.63) is 59.0 Å². The van der Waals surface area contributed by atoms with Gasteiger partial charge in [-0.2, -0.15) is 5.26 Å². The van der Waals surface area contributed by atoms with E-state index in [1.54, 1.807) is 12.3 Å². The minimum Gasteiger partial charge on any atom is -0.469 e.